The fraction of sp³-hybridized carbons (Fsp3) is 0.579. The van der Waals surface area contributed by atoms with Crippen molar-refractivity contribution in [3.05, 3.63) is 35.4 Å². The molecule has 0 radical (unpaired) electrons. The molecule has 0 aliphatic carbocycles. The van der Waals surface area contributed by atoms with Gasteiger partial charge in [-0.15, -0.1) is 10.2 Å². The van der Waals surface area contributed by atoms with Gasteiger partial charge in [0.2, 0.25) is 10.0 Å². The number of methoxy groups -OCH3 is 1. The fourth-order valence-electron chi connectivity index (χ4n) is 3.57. The second-order valence-electron chi connectivity index (χ2n) is 7.77. The van der Waals surface area contributed by atoms with Crippen LogP contribution in [0.15, 0.2) is 18.2 Å². The second-order valence-corrected chi connectivity index (χ2v) is 9.55. The summed E-state index contributed by atoms with van der Waals surface area (Å²) in [6.07, 6.45) is 1.89. The lowest BCUT2D eigenvalue weighted by atomic mass is 10.1. The number of aromatic nitrogens is 3. The maximum atomic E-state index is 11.8. The summed E-state index contributed by atoms with van der Waals surface area (Å²) in [5.74, 6) is 2.16. The number of fused-ring (bicyclic) bond motifs is 1. The zero-order valence-corrected chi connectivity index (χ0v) is 18.1. The van der Waals surface area contributed by atoms with Crippen LogP contribution in [0.25, 0.3) is 0 Å². The highest BCUT2D eigenvalue weighted by Crippen LogP contribution is 2.27. The summed E-state index contributed by atoms with van der Waals surface area (Å²) in [4.78, 5) is 2.30. The third-order valence-electron chi connectivity index (χ3n) is 5.08. The van der Waals surface area contributed by atoms with Gasteiger partial charge in [-0.25, -0.2) is 13.1 Å². The number of phenols is 1. The van der Waals surface area contributed by atoms with Crippen molar-refractivity contribution in [1.29, 1.82) is 0 Å². The van der Waals surface area contributed by atoms with Crippen LogP contribution in [-0.4, -0.2) is 59.6 Å². The minimum absolute atomic E-state index is 0.0434. The van der Waals surface area contributed by atoms with E-state index in [-0.39, 0.29) is 11.7 Å². The highest BCUT2D eigenvalue weighted by Gasteiger charge is 2.28. The number of phenolic OH excluding ortho intramolecular Hbond substituents is 1. The van der Waals surface area contributed by atoms with Gasteiger partial charge in [0.1, 0.15) is 5.82 Å². The van der Waals surface area contributed by atoms with Crippen molar-refractivity contribution in [3.8, 4) is 11.5 Å². The van der Waals surface area contributed by atoms with E-state index >= 15 is 0 Å². The molecule has 3 rings (SSSR count). The normalized spacial score (nSPS) is 16.4. The van der Waals surface area contributed by atoms with Gasteiger partial charge in [0, 0.05) is 32.6 Å². The summed E-state index contributed by atoms with van der Waals surface area (Å²) in [5, 5.41) is 18.4. The van der Waals surface area contributed by atoms with Crippen LogP contribution in [0.1, 0.15) is 37.1 Å². The third kappa shape index (κ3) is 5.26. The number of rotatable bonds is 7. The first-order chi connectivity index (χ1) is 13.7. The summed E-state index contributed by atoms with van der Waals surface area (Å²) in [6.45, 7) is 6.93. The highest BCUT2D eigenvalue weighted by atomic mass is 32.2. The standard InChI is InChI=1S/C19H29N5O4S/c1-13(2)18(22-29(4,26)27)19-21-20-17-7-8-23(9-10-24(17)19)12-14-5-6-15(25)16(11-14)28-3/h5-6,11,13,18,22,25H,7-10,12H2,1-4H3/t18-/m0/s1. The van der Waals surface area contributed by atoms with Crippen LogP contribution < -0.4 is 9.46 Å². The molecule has 1 aromatic carbocycles. The summed E-state index contributed by atoms with van der Waals surface area (Å²) >= 11 is 0. The molecule has 1 aliphatic heterocycles. The molecule has 9 nitrogen and oxygen atoms in total. The van der Waals surface area contributed by atoms with E-state index in [1.165, 1.54) is 7.11 Å². The minimum atomic E-state index is -3.37. The van der Waals surface area contributed by atoms with E-state index in [0.29, 0.717) is 18.1 Å². The van der Waals surface area contributed by atoms with E-state index in [9.17, 15) is 13.5 Å². The van der Waals surface area contributed by atoms with Crippen LogP contribution in [-0.2, 0) is 29.5 Å². The molecule has 0 bridgehead atoms. The molecule has 2 N–H and O–H groups in total. The van der Waals surface area contributed by atoms with Gasteiger partial charge in [-0.05, 0) is 23.6 Å². The lowest BCUT2D eigenvalue weighted by molar-refractivity contribution is 0.268. The molecule has 0 saturated heterocycles. The summed E-state index contributed by atoms with van der Waals surface area (Å²) in [5.41, 5.74) is 1.05. The molecular weight excluding hydrogens is 394 g/mol. The zero-order valence-electron chi connectivity index (χ0n) is 17.3. The Morgan fingerprint density at radius 3 is 2.66 bits per heavy atom. The average molecular weight is 424 g/mol. The molecule has 0 fully saturated rings. The van der Waals surface area contributed by atoms with Gasteiger partial charge in [0.25, 0.3) is 0 Å². The van der Waals surface area contributed by atoms with Gasteiger partial charge in [0.05, 0.1) is 19.4 Å². The number of sulfonamides is 1. The summed E-state index contributed by atoms with van der Waals surface area (Å²) < 4.78 is 33.5. The Morgan fingerprint density at radius 2 is 2.00 bits per heavy atom. The number of nitrogens with one attached hydrogen (secondary N) is 1. The van der Waals surface area contributed by atoms with E-state index < -0.39 is 16.1 Å². The number of benzene rings is 1. The van der Waals surface area contributed by atoms with Crippen LogP contribution in [0.3, 0.4) is 0 Å². The van der Waals surface area contributed by atoms with Crippen LogP contribution >= 0.6 is 0 Å². The van der Waals surface area contributed by atoms with Crippen molar-refractivity contribution in [1.82, 2.24) is 24.4 Å². The molecule has 1 atom stereocenters. The van der Waals surface area contributed by atoms with Gasteiger partial charge in [-0.2, -0.15) is 0 Å². The van der Waals surface area contributed by atoms with Gasteiger partial charge in [0.15, 0.2) is 17.3 Å². The van der Waals surface area contributed by atoms with Crippen LogP contribution in [0.2, 0.25) is 0 Å². The molecule has 10 heteroatoms. The first kappa shape index (κ1) is 21.5. The molecule has 2 heterocycles. The van der Waals surface area contributed by atoms with Gasteiger partial charge >= 0.3 is 0 Å². The van der Waals surface area contributed by atoms with E-state index in [4.69, 9.17) is 4.74 Å². The van der Waals surface area contributed by atoms with Crippen molar-refractivity contribution in [2.45, 2.75) is 39.4 Å². The molecule has 0 unspecified atom stereocenters. The molecule has 1 aromatic heterocycles. The van der Waals surface area contributed by atoms with Crippen molar-refractivity contribution < 1.29 is 18.3 Å². The quantitative estimate of drug-likeness (QED) is 0.691. The number of nitrogens with zero attached hydrogens (tertiary/aromatic N) is 4. The van der Waals surface area contributed by atoms with Crippen LogP contribution in [0.5, 0.6) is 11.5 Å². The highest BCUT2D eigenvalue weighted by molar-refractivity contribution is 7.88. The van der Waals surface area contributed by atoms with Crippen LogP contribution in [0.4, 0.5) is 0 Å². The fourth-order valence-corrected chi connectivity index (χ4v) is 4.41. The smallest absolute Gasteiger partial charge is 0.209 e. The Kier molecular flexibility index (Phi) is 6.45. The Hall–Kier alpha value is -2.17. The maximum Gasteiger partial charge on any atom is 0.209 e. The molecule has 1 aliphatic rings. The third-order valence-corrected chi connectivity index (χ3v) is 5.77. The van der Waals surface area contributed by atoms with Crippen molar-refractivity contribution in [3.63, 3.8) is 0 Å². The van der Waals surface area contributed by atoms with Crippen molar-refractivity contribution in [2.24, 2.45) is 5.92 Å². The Bertz CT molecular complexity index is 958. The lowest BCUT2D eigenvalue weighted by Crippen LogP contribution is -2.33. The number of ether oxygens (including phenoxy) is 1. The Morgan fingerprint density at radius 1 is 1.24 bits per heavy atom. The van der Waals surface area contributed by atoms with E-state index in [1.54, 1.807) is 6.07 Å². The predicted molar refractivity (Wildman–Crippen MR) is 109 cm³/mol. The summed E-state index contributed by atoms with van der Waals surface area (Å²) in [7, 11) is -1.83. The van der Waals surface area contributed by atoms with Crippen molar-refractivity contribution >= 4 is 10.0 Å². The molecule has 2 aromatic rings. The monoisotopic (exact) mass is 423 g/mol. The molecule has 0 spiro atoms. The maximum absolute atomic E-state index is 11.8. The number of aromatic hydroxyl groups is 1. The Balaban J connectivity index is 1.75. The van der Waals surface area contributed by atoms with Crippen LogP contribution in [0, 0.1) is 5.92 Å². The largest absolute Gasteiger partial charge is 0.504 e. The Labute approximate surface area is 171 Å². The first-order valence-electron chi connectivity index (χ1n) is 9.65. The van der Waals surface area contributed by atoms with E-state index in [1.807, 2.05) is 30.5 Å². The second kappa shape index (κ2) is 8.68. The van der Waals surface area contributed by atoms with Gasteiger partial charge in [-0.1, -0.05) is 19.9 Å². The zero-order chi connectivity index (χ0) is 21.2. The molecule has 160 valence electrons. The number of hydrogen-bond acceptors (Lipinski definition) is 7. The predicted octanol–water partition coefficient (Wildman–Crippen LogP) is 1.30. The van der Waals surface area contributed by atoms with Gasteiger partial charge < -0.3 is 14.4 Å². The molecule has 29 heavy (non-hydrogen) atoms. The van der Waals surface area contributed by atoms with Gasteiger partial charge in [-0.3, -0.25) is 4.90 Å². The molecular formula is C19H29N5O4S. The molecule has 0 amide bonds. The van der Waals surface area contributed by atoms with Crippen molar-refractivity contribution in [2.75, 3.05) is 26.5 Å². The van der Waals surface area contributed by atoms with E-state index in [0.717, 1.165) is 43.7 Å². The van der Waals surface area contributed by atoms with E-state index in [2.05, 4.69) is 19.8 Å². The average Bonchev–Trinajstić information content (AvgIpc) is 2.94. The SMILES string of the molecule is COc1cc(CN2CCc3nnc([C@@H](NS(C)(=O)=O)C(C)C)n3CC2)ccc1O. The first-order valence-corrected chi connectivity index (χ1v) is 11.5. The number of hydrogen-bond donors (Lipinski definition) is 2. The lowest BCUT2D eigenvalue weighted by Gasteiger charge is -2.22. The molecule has 0 saturated carbocycles. The topological polar surface area (TPSA) is 110 Å². The summed E-state index contributed by atoms with van der Waals surface area (Å²) in [6, 6.07) is 4.96. The minimum Gasteiger partial charge on any atom is -0.504 e.